The second-order valence-corrected chi connectivity index (χ2v) is 4.12. The molecule has 16 heavy (non-hydrogen) atoms. The maximum atomic E-state index is 11.1. The van der Waals surface area contributed by atoms with Crippen LogP contribution in [0.1, 0.15) is 42.1 Å². The molecule has 2 nitrogen and oxygen atoms in total. The Hall–Kier alpha value is -1.57. The van der Waals surface area contributed by atoms with Crippen LogP contribution in [-0.2, 0) is 6.42 Å². The lowest BCUT2D eigenvalue weighted by Gasteiger charge is -2.02. The Morgan fingerprint density at radius 3 is 2.38 bits per heavy atom. The Bertz CT molecular complexity index is 365. The quantitative estimate of drug-likeness (QED) is 0.588. The standard InChI is InChI=1S/C14H19NO/c1-11(15)5-3-4-6-13-7-9-14(10-8-13)12(2)16/h7-10H,1,3-6,15H2,2H3. The Morgan fingerprint density at radius 1 is 1.25 bits per heavy atom. The predicted octanol–water partition coefficient (Wildman–Crippen LogP) is 3.07. The van der Waals surface area contributed by atoms with Gasteiger partial charge < -0.3 is 5.73 Å². The first-order valence-electron chi connectivity index (χ1n) is 5.62. The zero-order valence-electron chi connectivity index (χ0n) is 9.83. The molecule has 0 aliphatic heterocycles. The molecule has 0 aromatic heterocycles. The van der Waals surface area contributed by atoms with Crippen molar-refractivity contribution in [2.24, 2.45) is 5.73 Å². The molecule has 1 rings (SSSR count). The molecule has 0 atom stereocenters. The van der Waals surface area contributed by atoms with Crippen molar-refractivity contribution in [3.8, 4) is 0 Å². The van der Waals surface area contributed by atoms with Crippen LogP contribution in [-0.4, -0.2) is 5.78 Å². The fraction of sp³-hybridized carbons (Fsp3) is 0.357. The third-order valence-electron chi connectivity index (χ3n) is 2.57. The molecule has 0 bridgehead atoms. The summed E-state index contributed by atoms with van der Waals surface area (Å²) in [6.45, 7) is 5.26. The highest BCUT2D eigenvalue weighted by Crippen LogP contribution is 2.10. The number of unbranched alkanes of at least 4 members (excludes halogenated alkanes) is 1. The number of aryl methyl sites for hydroxylation is 1. The summed E-state index contributed by atoms with van der Waals surface area (Å²) in [5.74, 6) is 0.117. The van der Waals surface area contributed by atoms with Crippen molar-refractivity contribution in [3.63, 3.8) is 0 Å². The molecule has 0 aliphatic carbocycles. The average molecular weight is 217 g/mol. The van der Waals surface area contributed by atoms with Crippen molar-refractivity contribution < 1.29 is 4.79 Å². The summed E-state index contributed by atoms with van der Waals surface area (Å²) < 4.78 is 0. The average Bonchev–Trinajstić information content (AvgIpc) is 2.25. The molecule has 0 saturated carbocycles. The lowest BCUT2D eigenvalue weighted by molar-refractivity contribution is 0.101. The Kier molecular flexibility index (Phi) is 4.77. The molecular formula is C14H19NO. The van der Waals surface area contributed by atoms with Crippen LogP contribution in [0.3, 0.4) is 0 Å². The molecule has 0 radical (unpaired) electrons. The summed E-state index contributed by atoms with van der Waals surface area (Å²) in [7, 11) is 0. The largest absolute Gasteiger partial charge is 0.403 e. The van der Waals surface area contributed by atoms with E-state index in [9.17, 15) is 4.79 Å². The van der Waals surface area contributed by atoms with E-state index in [-0.39, 0.29) is 5.78 Å². The minimum Gasteiger partial charge on any atom is -0.403 e. The van der Waals surface area contributed by atoms with Gasteiger partial charge >= 0.3 is 0 Å². The number of Topliss-reactive ketones (excluding diaryl/α,β-unsaturated/α-hetero) is 1. The van der Waals surface area contributed by atoms with Gasteiger partial charge in [-0.2, -0.15) is 0 Å². The molecule has 0 aliphatic rings. The van der Waals surface area contributed by atoms with Gasteiger partial charge in [-0.25, -0.2) is 0 Å². The number of carbonyl (C=O) groups is 1. The van der Waals surface area contributed by atoms with Crippen LogP contribution in [0, 0.1) is 0 Å². The van der Waals surface area contributed by atoms with Crippen molar-refractivity contribution in [2.75, 3.05) is 0 Å². The Morgan fingerprint density at radius 2 is 1.88 bits per heavy atom. The van der Waals surface area contributed by atoms with Gasteiger partial charge in [0.25, 0.3) is 0 Å². The minimum atomic E-state index is 0.117. The first-order valence-corrected chi connectivity index (χ1v) is 5.62. The number of carbonyl (C=O) groups excluding carboxylic acids is 1. The molecule has 0 fully saturated rings. The van der Waals surface area contributed by atoms with E-state index < -0.39 is 0 Å². The van der Waals surface area contributed by atoms with Gasteiger partial charge in [0.05, 0.1) is 0 Å². The summed E-state index contributed by atoms with van der Waals surface area (Å²) in [6.07, 6.45) is 4.11. The maximum Gasteiger partial charge on any atom is 0.159 e. The van der Waals surface area contributed by atoms with Gasteiger partial charge in [0.15, 0.2) is 5.78 Å². The second kappa shape index (κ2) is 6.11. The summed E-state index contributed by atoms with van der Waals surface area (Å²) in [5, 5.41) is 0. The van der Waals surface area contributed by atoms with E-state index in [1.807, 2.05) is 24.3 Å². The molecule has 86 valence electrons. The second-order valence-electron chi connectivity index (χ2n) is 4.12. The lowest BCUT2D eigenvalue weighted by atomic mass is 10.0. The number of hydrogen-bond acceptors (Lipinski definition) is 2. The van der Waals surface area contributed by atoms with Crippen molar-refractivity contribution in [1.29, 1.82) is 0 Å². The van der Waals surface area contributed by atoms with Gasteiger partial charge in [-0.05, 0) is 38.2 Å². The SMILES string of the molecule is C=C(N)CCCCc1ccc(C(C)=O)cc1. The van der Waals surface area contributed by atoms with Crippen molar-refractivity contribution >= 4 is 5.78 Å². The summed E-state index contributed by atoms with van der Waals surface area (Å²) in [5.41, 5.74) is 8.30. The zero-order chi connectivity index (χ0) is 12.0. The third kappa shape index (κ3) is 4.30. The topological polar surface area (TPSA) is 43.1 Å². The number of hydrogen-bond donors (Lipinski definition) is 1. The van der Waals surface area contributed by atoms with E-state index in [0.29, 0.717) is 0 Å². The molecule has 2 N–H and O–H groups in total. The normalized spacial score (nSPS) is 10.1. The smallest absolute Gasteiger partial charge is 0.159 e. The van der Waals surface area contributed by atoms with Gasteiger partial charge in [-0.1, -0.05) is 30.8 Å². The van der Waals surface area contributed by atoms with E-state index in [1.165, 1.54) is 5.56 Å². The van der Waals surface area contributed by atoms with Gasteiger partial charge in [-0.3, -0.25) is 4.79 Å². The minimum absolute atomic E-state index is 0.117. The van der Waals surface area contributed by atoms with E-state index in [4.69, 9.17) is 5.73 Å². The van der Waals surface area contributed by atoms with Crippen molar-refractivity contribution in [1.82, 2.24) is 0 Å². The predicted molar refractivity (Wildman–Crippen MR) is 67.3 cm³/mol. The highest BCUT2D eigenvalue weighted by molar-refractivity contribution is 5.93. The number of ketones is 1. The third-order valence-corrected chi connectivity index (χ3v) is 2.57. The van der Waals surface area contributed by atoms with Gasteiger partial charge in [0.2, 0.25) is 0 Å². The Labute approximate surface area is 97.2 Å². The monoisotopic (exact) mass is 217 g/mol. The van der Waals surface area contributed by atoms with Gasteiger partial charge in [0, 0.05) is 11.3 Å². The molecule has 0 heterocycles. The van der Waals surface area contributed by atoms with Crippen LogP contribution in [0.4, 0.5) is 0 Å². The molecule has 0 spiro atoms. The molecular weight excluding hydrogens is 198 g/mol. The number of benzene rings is 1. The van der Waals surface area contributed by atoms with Crippen LogP contribution >= 0.6 is 0 Å². The highest BCUT2D eigenvalue weighted by atomic mass is 16.1. The van der Waals surface area contributed by atoms with Crippen molar-refractivity contribution in [2.45, 2.75) is 32.6 Å². The number of nitrogens with two attached hydrogens (primary N) is 1. The summed E-state index contributed by atoms with van der Waals surface area (Å²) >= 11 is 0. The molecule has 0 amide bonds. The van der Waals surface area contributed by atoms with Crippen LogP contribution in [0.25, 0.3) is 0 Å². The van der Waals surface area contributed by atoms with Crippen LogP contribution in [0.5, 0.6) is 0 Å². The highest BCUT2D eigenvalue weighted by Gasteiger charge is 1.99. The molecule has 1 aromatic carbocycles. The first kappa shape index (κ1) is 12.5. The van der Waals surface area contributed by atoms with E-state index in [0.717, 1.165) is 36.9 Å². The molecule has 2 heteroatoms. The molecule has 0 unspecified atom stereocenters. The molecule has 1 aromatic rings. The lowest BCUT2D eigenvalue weighted by Crippen LogP contribution is -1.95. The number of allylic oxidation sites excluding steroid dienone is 1. The van der Waals surface area contributed by atoms with Crippen LogP contribution < -0.4 is 5.73 Å². The van der Waals surface area contributed by atoms with E-state index in [1.54, 1.807) is 6.92 Å². The Balaban J connectivity index is 2.38. The van der Waals surface area contributed by atoms with Gasteiger partial charge in [-0.15, -0.1) is 0 Å². The van der Waals surface area contributed by atoms with Gasteiger partial charge in [0.1, 0.15) is 0 Å². The van der Waals surface area contributed by atoms with E-state index in [2.05, 4.69) is 6.58 Å². The first-order chi connectivity index (χ1) is 7.59. The summed E-state index contributed by atoms with van der Waals surface area (Å²) in [4.78, 5) is 11.1. The number of rotatable bonds is 6. The summed E-state index contributed by atoms with van der Waals surface area (Å²) in [6, 6.07) is 7.82. The fourth-order valence-electron chi connectivity index (χ4n) is 1.59. The fourth-order valence-corrected chi connectivity index (χ4v) is 1.59. The molecule has 0 saturated heterocycles. The zero-order valence-corrected chi connectivity index (χ0v) is 9.83. The maximum absolute atomic E-state index is 11.1. The van der Waals surface area contributed by atoms with Crippen LogP contribution in [0.2, 0.25) is 0 Å². The van der Waals surface area contributed by atoms with Crippen molar-refractivity contribution in [3.05, 3.63) is 47.7 Å². The van der Waals surface area contributed by atoms with E-state index >= 15 is 0 Å². The van der Waals surface area contributed by atoms with Crippen LogP contribution in [0.15, 0.2) is 36.5 Å².